The van der Waals surface area contributed by atoms with E-state index in [9.17, 15) is 0 Å². The lowest BCUT2D eigenvalue weighted by Gasteiger charge is -2.24. The quantitative estimate of drug-likeness (QED) is 0.496. The lowest BCUT2D eigenvalue weighted by molar-refractivity contribution is 0.281. The van der Waals surface area contributed by atoms with Gasteiger partial charge in [-0.2, -0.15) is 0 Å². The second-order valence-corrected chi connectivity index (χ2v) is 4.49. The Balaban J connectivity index is 2.08. The highest BCUT2D eigenvalue weighted by molar-refractivity contribution is 7.80. The Kier molecular flexibility index (Phi) is 2.41. The predicted molar refractivity (Wildman–Crippen MR) is 57.6 cm³/mol. The van der Waals surface area contributed by atoms with Gasteiger partial charge in [0.15, 0.2) is 5.05 Å². The average Bonchev–Trinajstić information content (AvgIpc) is 2.63. The summed E-state index contributed by atoms with van der Waals surface area (Å²) in [6.07, 6.45) is 5.96. The van der Waals surface area contributed by atoms with Crippen molar-refractivity contribution in [2.24, 2.45) is 23.7 Å². The molecule has 2 heteroatoms. The SMILES string of the molecule is CCOC(=S)[C@H]1[C@H](C)[C@H]2C=C[C@@H]1C2. The van der Waals surface area contributed by atoms with Crippen molar-refractivity contribution >= 4 is 17.3 Å². The van der Waals surface area contributed by atoms with Crippen LogP contribution in [0.5, 0.6) is 0 Å². The number of ether oxygens (including phenoxy) is 1. The van der Waals surface area contributed by atoms with Crippen molar-refractivity contribution in [3.05, 3.63) is 12.2 Å². The molecule has 1 nitrogen and oxygen atoms in total. The minimum Gasteiger partial charge on any atom is -0.487 e. The molecule has 2 rings (SSSR count). The van der Waals surface area contributed by atoms with Crippen LogP contribution in [-0.2, 0) is 4.74 Å². The Hall–Kier alpha value is -0.370. The Morgan fingerprint density at radius 3 is 2.69 bits per heavy atom. The van der Waals surface area contributed by atoms with Gasteiger partial charge in [0.05, 0.1) is 6.61 Å². The summed E-state index contributed by atoms with van der Waals surface area (Å²) in [5.41, 5.74) is 0. The van der Waals surface area contributed by atoms with E-state index in [1.807, 2.05) is 6.92 Å². The van der Waals surface area contributed by atoms with Gasteiger partial charge in [0.1, 0.15) is 0 Å². The Bertz CT molecular complexity index is 246. The number of thiocarbonyl (C=S) groups is 1. The molecule has 0 saturated heterocycles. The molecule has 0 aliphatic heterocycles. The minimum atomic E-state index is 0.505. The number of allylic oxidation sites excluding steroid dienone is 2. The van der Waals surface area contributed by atoms with E-state index in [1.165, 1.54) is 6.42 Å². The average molecular weight is 196 g/mol. The Labute approximate surface area is 85.2 Å². The summed E-state index contributed by atoms with van der Waals surface area (Å²) in [6, 6.07) is 0. The maximum Gasteiger partial charge on any atom is 0.163 e. The van der Waals surface area contributed by atoms with Crippen LogP contribution in [0.15, 0.2) is 12.2 Å². The molecule has 0 N–H and O–H groups in total. The molecule has 72 valence electrons. The van der Waals surface area contributed by atoms with Crippen LogP contribution in [0.2, 0.25) is 0 Å². The van der Waals surface area contributed by atoms with E-state index in [0.717, 1.165) is 11.0 Å². The smallest absolute Gasteiger partial charge is 0.163 e. The van der Waals surface area contributed by atoms with Crippen molar-refractivity contribution in [3.63, 3.8) is 0 Å². The van der Waals surface area contributed by atoms with E-state index in [2.05, 4.69) is 19.1 Å². The van der Waals surface area contributed by atoms with E-state index in [1.54, 1.807) is 0 Å². The highest BCUT2D eigenvalue weighted by atomic mass is 32.1. The van der Waals surface area contributed by atoms with Crippen LogP contribution in [0, 0.1) is 23.7 Å². The maximum absolute atomic E-state index is 5.45. The molecule has 0 heterocycles. The lowest BCUT2D eigenvalue weighted by Crippen LogP contribution is -2.26. The summed E-state index contributed by atoms with van der Waals surface area (Å²) in [6.45, 7) is 5.01. The highest BCUT2D eigenvalue weighted by Crippen LogP contribution is 2.48. The molecular formula is C11H16OS. The predicted octanol–water partition coefficient (Wildman–Crippen LogP) is 2.81. The van der Waals surface area contributed by atoms with Crippen LogP contribution in [0.3, 0.4) is 0 Å². The van der Waals surface area contributed by atoms with E-state index in [0.29, 0.717) is 24.4 Å². The molecule has 1 fully saturated rings. The molecule has 0 unspecified atom stereocenters. The van der Waals surface area contributed by atoms with Gasteiger partial charge < -0.3 is 4.74 Å². The largest absolute Gasteiger partial charge is 0.487 e. The second kappa shape index (κ2) is 3.41. The molecule has 0 radical (unpaired) electrons. The van der Waals surface area contributed by atoms with Crippen LogP contribution in [0.4, 0.5) is 0 Å². The molecule has 0 aromatic heterocycles. The van der Waals surface area contributed by atoms with Crippen molar-refractivity contribution in [1.82, 2.24) is 0 Å². The minimum absolute atomic E-state index is 0.505. The molecule has 0 aromatic carbocycles. The fraction of sp³-hybridized carbons (Fsp3) is 0.727. The Morgan fingerprint density at radius 1 is 1.46 bits per heavy atom. The molecule has 0 aromatic rings. The normalized spacial score (nSPS) is 41.1. The zero-order chi connectivity index (χ0) is 9.42. The third kappa shape index (κ3) is 1.41. The fourth-order valence-corrected chi connectivity index (χ4v) is 3.20. The standard InChI is InChI=1S/C11H16OS/c1-3-12-11(13)10-7(2)8-4-5-9(10)6-8/h4-5,7-10H,3,6H2,1-2H3/t7-,8+,9-,10+/m1/s1. The Morgan fingerprint density at radius 2 is 2.15 bits per heavy atom. The van der Waals surface area contributed by atoms with Gasteiger partial charge in [-0.15, -0.1) is 0 Å². The molecule has 2 aliphatic carbocycles. The first-order valence-electron chi connectivity index (χ1n) is 5.09. The van der Waals surface area contributed by atoms with Crippen LogP contribution < -0.4 is 0 Å². The molecule has 13 heavy (non-hydrogen) atoms. The van der Waals surface area contributed by atoms with Gasteiger partial charge >= 0.3 is 0 Å². The zero-order valence-electron chi connectivity index (χ0n) is 8.19. The molecule has 0 spiro atoms. The zero-order valence-corrected chi connectivity index (χ0v) is 9.01. The second-order valence-electron chi connectivity index (χ2n) is 4.09. The van der Waals surface area contributed by atoms with Crippen LogP contribution in [0.1, 0.15) is 20.3 Å². The third-order valence-corrected chi connectivity index (χ3v) is 3.80. The van der Waals surface area contributed by atoms with Crippen molar-refractivity contribution in [2.45, 2.75) is 20.3 Å². The molecule has 4 atom stereocenters. The molecule has 2 aliphatic rings. The van der Waals surface area contributed by atoms with Crippen LogP contribution in [-0.4, -0.2) is 11.7 Å². The van der Waals surface area contributed by atoms with Crippen molar-refractivity contribution in [1.29, 1.82) is 0 Å². The first-order valence-corrected chi connectivity index (χ1v) is 5.49. The van der Waals surface area contributed by atoms with Crippen LogP contribution in [0.25, 0.3) is 0 Å². The first-order chi connectivity index (χ1) is 6.24. The first kappa shape index (κ1) is 9.20. The van der Waals surface area contributed by atoms with Crippen molar-refractivity contribution in [3.8, 4) is 0 Å². The summed E-state index contributed by atoms with van der Waals surface area (Å²) in [5.74, 6) is 2.62. The monoisotopic (exact) mass is 196 g/mol. The number of fused-ring (bicyclic) bond motifs is 2. The lowest BCUT2D eigenvalue weighted by atomic mass is 9.85. The van der Waals surface area contributed by atoms with Crippen molar-refractivity contribution < 1.29 is 4.74 Å². The van der Waals surface area contributed by atoms with E-state index in [-0.39, 0.29) is 0 Å². The van der Waals surface area contributed by atoms with Crippen molar-refractivity contribution in [2.75, 3.05) is 6.61 Å². The topological polar surface area (TPSA) is 9.23 Å². The summed E-state index contributed by atoms with van der Waals surface area (Å²) in [4.78, 5) is 0. The number of rotatable bonds is 2. The van der Waals surface area contributed by atoms with E-state index < -0.39 is 0 Å². The molecule has 2 bridgehead atoms. The van der Waals surface area contributed by atoms with Crippen LogP contribution >= 0.6 is 12.2 Å². The number of hydrogen-bond acceptors (Lipinski definition) is 2. The highest BCUT2D eigenvalue weighted by Gasteiger charge is 2.44. The van der Waals surface area contributed by atoms with Gasteiger partial charge in [-0.25, -0.2) is 0 Å². The van der Waals surface area contributed by atoms with Gasteiger partial charge in [0, 0.05) is 5.92 Å². The fourth-order valence-electron chi connectivity index (χ4n) is 2.70. The van der Waals surface area contributed by atoms with Gasteiger partial charge in [0.2, 0.25) is 0 Å². The summed E-state index contributed by atoms with van der Waals surface area (Å²) in [7, 11) is 0. The summed E-state index contributed by atoms with van der Waals surface area (Å²) < 4.78 is 5.45. The van der Waals surface area contributed by atoms with Gasteiger partial charge in [0.25, 0.3) is 0 Å². The van der Waals surface area contributed by atoms with Gasteiger partial charge in [-0.05, 0) is 43.3 Å². The van der Waals surface area contributed by atoms with E-state index in [4.69, 9.17) is 17.0 Å². The number of hydrogen-bond donors (Lipinski definition) is 0. The maximum atomic E-state index is 5.45. The third-order valence-electron chi connectivity index (χ3n) is 3.41. The molecule has 0 amide bonds. The summed E-state index contributed by atoms with van der Waals surface area (Å²) >= 11 is 5.30. The summed E-state index contributed by atoms with van der Waals surface area (Å²) in [5, 5.41) is 0.840. The van der Waals surface area contributed by atoms with E-state index >= 15 is 0 Å². The molecular weight excluding hydrogens is 180 g/mol. The van der Waals surface area contributed by atoms with Gasteiger partial charge in [-0.3, -0.25) is 0 Å². The molecule has 1 saturated carbocycles. The van der Waals surface area contributed by atoms with Gasteiger partial charge in [-0.1, -0.05) is 19.1 Å².